The molecular formula is C18H17F3N4. The number of halogens is 3. The second kappa shape index (κ2) is 7.01. The van der Waals surface area contributed by atoms with E-state index < -0.39 is 11.7 Å². The minimum absolute atomic E-state index is 0.257. The molecule has 0 aliphatic carbocycles. The van der Waals surface area contributed by atoms with Crippen molar-refractivity contribution in [1.82, 2.24) is 9.97 Å². The van der Waals surface area contributed by atoms with Crippen LogP contribution >= 0.6 is 0 Å². The van der Waals surface area contributed by atoms with Crippen LogP contribution in [0.4, 0.5) is 24.7 Å². The van der Waals surface area contributed by atoms with Gasteiger partial charge in [-0.25, -0.2) is 9.97 Å². The van der Waals surface area contributed by atoms with E-state index >= 15 is 0 Å². The average molecular weight is 346 g/mol. The first-order chi connectivity index (χ1) is 11.9. The monoisotopic (exact) mass is 346 g/mol. The van der Waals surface area contributed by atoms with E-state index in [0.717, 1.165) is 38.1 Å². The van der Waals surface area contributed by atoms with Gasteiger partial charge in [0, 0.05) is 18.7 Å². The fourth-order valence-corrected chi connectivity index (χ4v) is 2.75. The first-order valence-corrected chi connectivity index (χ1v) is 8.00. The second-order valence-electron chi connectivity index (χ2n) is 5.84. The lowest BCUT2D eigenvalue weighted by molar-refractivity contribution is -0.137. The molecule has 2 N–H and O–H groups in total. The standard InChI is InChI=1S/C18H17F3N4/c19-18(20,21)14-6-4-5-13(11-14)7-8-15-16(22)17(24-12-23-15)25-9-2-1-3-10-25/h4-6,11-12H,1-3,9-10,22H2. The Hall–Kier alpha value is -2.75. The van der Waals surface area contributed by atoms with Crippen molar-refractivity contribution in [1.29, 1.82) is 0 Å². The van der Waals surface area contributed by atoms with E-state index in [-0.39, 0.29) is 5.56 Å². The number of nitrogens with zero attached hydrogens (tertiary/aromatic N) is 3. The van der Waals surface area contributed by atoms with Crippen molar-refractivity contribution in [3.63, 3.8) is 0 Å². The smallest absolute Gasteiger partial charge is 0.393 e. The largest absolute Gasteiger partial charge is 0.416 e. The highest BCUT2D eigenvalue weighted by Gasteiger charge is 2.30. The van der Waals surface area contributed by atoms with Crippen LogP contribution < -0.4 is 10.6 Å². The highest BCUT2D eigenvalue weighted by Crippen LogP contribution is 2.29. The van der Waals surface area contributed by atoms with E-state index in [0.29, 0.717) is 17.2 Å². The van der Waals surface area contributed by atoms with Gasteiger partial charge < -0.3 is 10.6 Å². The van der Waals surface area contributed by atoms with E-state index in [1.54, 1.807) is 0 Å². The molecule has 1 aromatic heterocycles. The number of nitrogens with two attached hydrogens (primary N) is 1. The Bertz CT molecular complexity index is 815. The quantitative estimate of drug-likeness (QED) is 0.804. The molecule has 0 unspecified atom stereocenters. The summed E-state index contributed by atoms with van der Waals surface area (Å²) in [6, 6.07) is 4.87. The summed E-state index contributed by atoms with van der Waals surface area (Å²) in [5, 5.41) is 0. The van der Waals surface area contributed by atoms with Gasteiger partial charge in [-0.15, -0.1) is 0 Å². The van der Waals surface area contributed by atoms with Gasteiger partial charge in [-0.3, -0.25) is 0 Å². The summed E-state index contributed by atoms with van der Waals surface area (Å²) in [5.41, 5.74) is 6.34. The summed E-state index contributed by atoms with van der Waals surface area (Å²) in [5.74, 6) is 6.11. The molecule has 2 aromatic rings. The van der Waals surface area contributed by atoms with Crippen LogP contribution in [0.15, 0.2) is 30.6 Å². The van der Waals surface area contributed by atoms with Crippen LogP contribution in [-0.4, -0.2) is 23.1 Å². The molecule has 0 amide bonds. The third kappa shape index (κ3) is 4.02. The van der Waals surface area contributed by atoms with Crippen molar-refractivity contribution in [2.24, 2.45) is 0 Å². The zero-order valence-corrected chi connectivity index (χ0v) is 13.5. The number of hydrogen-bond donors (Lipinski definition) is 1. The molecular weight excluding hydrogens is 329 g/mol. The van der Waals surface area contributed by atoms with Crippen molar-refractivity contribution >= 4 is 11.5 Å². The van der Waals surface area contributed by atoms with Crippen LogP contribution in [0, 0.1) is 11.8 Å². The Balaban J connectivity index is 1.88. The van der Waals surface area contributed by atoms with E-state index in [1.165, 1.54) is 24.9 Å². The number of nitrogen functional groups attached to an aromatic ring is 1. The van der Waals surface area contributed by atoms with Gasteiger partial charge in [0.1, 0.15) is 17.7 Å². The lowest BCUT2D eigenvalue weighted by Gasteiger charge is -2.28. The fourth-order valence-electron chi connectivity index (χ4n) is 2.75. The summed E-state index contributed by atoms with van der Waals surface area (Å²) in [7, 11) is 0. The molecule has 4 nitrogen and oxygen atoms in total. The molecule has 1 aliphatic rings. The van der Waals surface area contributed by atoms with Crippen LogP contribution in [0.2, 0.25) is 0 Å². The van der Waals surface area contributed by atoms with Crippen LogP contribution in [0.1, 0.15) is 36.1 Å². The molecule has 25 heavy (non-hydrogen) atoms. The molecule has 130 valence electrons. The molecule has 7 heteroatoms. The number of benzene rings is 1. The van der Waals surface area contributed by atoms with Crippen LogP contribution in [0.25, 0.3) is 0 Å². The highest BCUT2D eigenvalue weighted by atomic mass is 19.4. The summed E-state index contributed by atoms with van der Waals surface area (Å²) in [4.78, 5) is 10.4. The lowest BCUT2D eigenvalue weighted by atomic mass is 10.1. The Kier molecular flexibility index (Phi) is 4.79. The molecule has 0 radical (unpaired) electrons. The van der Waals surface area contributed by atoms with E-state index in [9.17, 15) is 13.2 Å². The Morgan fingerprint density at radius 2 is 1.80 bits per heavy atom. The summed E-state index contributed by atoms with van der Waals surface area (Å²) in [6.45, 7) is 1.75. The first-order valence-electron chi connectivity index (χ1n) is 8.00. The average Bonchev–Trinajstić information content (AvgIpc) is 2.61. The van der Waals surface area contributed by atoms with Gasteiger partial charge in [-0.2, -0.15) is 13.2 Å². The lowest BCUT2D eigenvalue weighted by Crippen LogP contribution is -2.31. The van der Waals surface area contributed by atoms with Crippen molar-refractivity contribution < 1.29 is 13.2 Å². The zero-order chi connectivity index (χ0) is 17.9. The molecule has 1 saturated heterocycles. The topological polar surface area (TPSA) is 55.0 Å². The maximum Gasteiger partial charge on any atom is 0.416 e. The molecule has 2 heterocycles. The molecule has 1 aromatic carbocycles. The highest BCUT2D eigenvalue weighted by molar-refractivity contribution is 5.69. The minimum Gasteiger partial charge on any atom is -0.393 e. The molecule has 0 bridgehead atoms. The molecule has 0 spiro atoms. The van der Waals surface area contributed by atoms with Gasteiger partial charge in [0.2, 0.25) is 0 Å². The maximum atomic E-state index is 12.8. The maximum absolute atomic E-state index is 12.8. The first kappa shape index (κ1) is 17.1. The number of rotatable bonds is 1. The minimum atomic E-state index is -4.40. The predicted octanol–water partition coefficient (Wildman–Crippen LogP) is 3.47. The third-order valence-electron chi connectivity index (χ3n) is 4.03. The normalized spacial score (nSPS) is 14.8. The molecule has 1 aliphatic heterocycles. The SMILES string of the molecule is Nc1c(C#Cc2cccc(C(F)(F)F)c2)ncnc1N1CCCCC1. The number of aromatic nitrogens is 2. The van der Waals surface area contributed by atoms with Gasteiger partial charge in [0.25, 0.3) is 0 Å². The van der Waals surface area contributed by atoms with Gasteiger partial charge in [0.05, 0.1) is 5.56 Å². The van der Waals surface area contributed by atoms with Gasteiger partial charge in [-0.1, -0.05) is 12.0 Å². The molecule has 3 rings (SSSR count). The predicted molar refractivity (Wildman–Crippen MR) is 89.9 cm³/mol. The van der Waals surface area contributed by atoms with Crippen molar-refractivity contribution in [3.8, 4) is 11.8 Å². The van der Waals surface area contributed by atoms with E-state index in [2.05, 4.69) is 26.7 Å². The number of alkyl halides is 3. The zero-order valence-electron chi connectivity index (χ0n) is 13.5. The van der Waals surface area contributed by atoms with Crippen molar-refractivity contribution in [2.75, 3.05) is 23.7 Å². The molecule has 0 saturated carbocycles. The third-order valence-corrected chi connectivity index (χ3v) is 4.03. The van der Waals surface area contributed by atoms with Crippen LogP contribution in [0.3, 0.4) is 0 Å². The van der Waals surface area contributed by atoms with Gasteiger partial charge >= 0.3 is 6.18 Å². The number of hydrogen-bond acceptors (Lipinski definition) is 4. The second-order valence-corrected chi connectivity index (χ2v) is 5.84. The Morgan fingerprint density at radius 3 is 2.52 bits per heavy atom. The molecule has 1 fully saturated rings. The summed E-state index contributed by atoms with van der Waals surface area (Å²) in [6.07, 6.45) is 0.330. The van der Waals surface area contributed by atoms with E-state index in [4.69, 9.17) is 5.73 Å². The number of anilines is 2. The Morgan fingerprint density at radius 1 is 1.04 bits per heavy atom. The molecule has 0 atom stereocenters. The van der Waals surface area contributed by atoms with Crippen LogP contribution in [0.5, 0.6) is 0 Å². The van der Waals surface area contributed by atoms with Gasteiger partial charge in [-0.05, 0) is 43.4 Å². The number of piperidine rings is 1. The summed E-state index contributed by atoms with van der Waals surface area (Å²) < 4.78 is 38.3. The van der Waals surface area contributed by atoms with Crippen molar-refractivity contribution in [3.05, 3.63) is 47.4 Å². The van der Waals surface area contributed by atoms with Crippen molar-refractivity contribution in [2.45, 2.75) is 25.4 Å². The fraction of sp³-hybridized carbons (Fsp3) is 0.333. The Labute approximate surface area is 143 Å². The van der Waals surface area contributed by atoms with Crippen LogP contribution in [-0.2, 0) is 6.18 Å². The van der Waals surface area contributed by atoms with E-state index in [1.807, 2.05) is 0 Å². The summed E-state index contributed by atoms with van der Waals surface area (Å²) >= 11 is 0. The van der Waals surface area contributed by atoms with Gasteiger partial charge in [0.15, 0.2) is 5.82 Å².